The Labute approximate surface area is 827 Å². The fraction of sp³-hybridized carbons (Fsp3) is 0. The van der Waals surface area contributed by atoms with E-state index in [4.69, 9.17) is 62.5 Å². The molecule has 0 unspecified atom stereocenters. The number of fused-ring (bicyclic) bond motifs is 21. The minimum Gasteiger partial charge on any atom is -0.456 e. The van der Waals surface area contributed by atoms with E-state index in [2.05, 4.69) is 329 Å². The van der Waals surface area contributed by atoms with Gasteiger partial charge in [-0.2, -0.15) is 9.97 Å². The first-order valence-corrected chi connectivity index (χ1v) is 48.3. The molecular weight excluding hydrogens is 1780 g/mol. The average Bonchev–Trinajstić information content (AvgIpc) is 1.51. The van der Waals surface area contributed by atoms with Crippen molar-refractivity contribution < 1.29 is 17.7 Å². The third-order valence-electron chi connectivity index (χ3n) is 27.6. The average molecular weight is 1860 g/mol. The smallest absolute Gasteiger partial charge is 0.238 e. The van der Waals surface area contributed by atoms with Crippen LogP contribution >= 0.6 is 0 Å². The minimum absolute atomic E-state index is 0.543. The van der Waals surface area contributed by atoms with E-state index in [1.54, 1.807) is 0 Å². The summed E-state index contributed by atoms with van der Waals surface area (Å²) in [5.41, 5.74) is 27.0. The van der Waals surface area contributed by atoms with Crippen molar-refractivity contribution in [2.24, 2.45) is 0 Å². The minimum atomic E-state index is 0.543. The van der Waals surface area contributed by atoms with Crippen LogP contribution in [0.15, 0.2) is 491 Å². The first kappa shape index (κ1) is 83.2. The summed E-state index contributed by atoms with van der Waals surface area (Å²) >= 11 is 0. The first-order chi connectivity index (χ1) is 71.9. The second kappa shape index (κ2) is 34.6. The Bertz CT molecular complexity index is 10300. The van der Waals surface area contributed by atoms with Gasteiger partial charge in [0.05, 0.1) is 33.1 Å². The van der Waals surface area contributed by atoms with Gasteiger partial charge in [0.15, 0.2) is 46.6 Å². The van der Waals surface area contributed by atoms with Gasteiger partial charge in [0.25, 0.3) is 0 Å². The van der Waals surface area contributed by atoms with Gasteiger partial charge in [-0.3, -0.25) is 4.57 Å². The molecule has 16 nitrogen and oxygen atoms in total. The highest BCUT2D eigenvalue weighted by Gasteiger charge is 2.26. The summed E-state index contributed by atoms with van der Waals surface area (Å²) in [6.07, 6.45) is 0. The van der Waals surface area contributed by atoms with Crippen LogP contribution in [0.4, 0.5) is 0 Å². The Morgan fingerprint density at radius 3 is 0.979 bits per heavy atom. The quantitative estimate of drug-likeness (QED) is 0.106. The van der Waals surface area contributed by atoms with Crippen molar-refractivity contribution in [2.45, 2.75) is 0 Å². The molecule has 0 atom stereocenters. The van der Waals surface area contributed by atoms with E-state index in [1.165, 1.54) is 27.1 Å². The maximum atomic E-state index is 6.41. The fourth-order valence-corrected chi connectivity index (χ4v) is 21.0. The molecule has 145 heavy (non-hydrogen) atoms. The molecule has 20 aromatic carbocycles. The number of rotatable bonds is 13. The highest BCUT2D eigenvalue weighted by molar-refractivity contribution is 6.18. The van der Waals surface area contributed by atoms with Gasteiger partial charge in [-0.25, -0.2) is 34.9 Å². The predicted octanol–water partition coefficient (Wildman–Crippen LogP) is 33.2. The SMILES string of the molecule is c1cc(-c2nc(-c3ccc4c(c3)oc3ccccc34)nc(-n3c4ccccc4c4ccccc43)n2)cc(-c2cccc3c2oc2ccccc23)c1.c1ccc(-c2nc(-c3cccc(-c4cccc5c4c4ccccc4n5-c4ccccc4)c3)nc(-c3ccc4c(c3)oc3ccccc34)n2)cc1.c1ccc(-c2nc(-c3cccc(-n4c5ccccc5c5ccccc54)c3)nc(-c3cccc4oc5ccccc5c34)n2)cc1. The molecule has 0 aliphatic rings. The lowest BCUT2D eigenvalue weighted by Gasteiger charge is -2.12. The van der Waals surface area contributed by atoms with Crippen LogP contribution in [0.2, 0.25) is 0 Å². The molecule has 678 valence electrons. The molecule has 30 aromatic rings. The second-order valence-corrected chi connectivity index (χ2v) is 36.1. The van der Waals surface area contributed by atoms with Gasteiger partial charge in [-0.1, -0.05) is 346 Å². The van der Waals surface area contributed by atoms with E-state index in [0.717, 1.165) is 204 Å². The zero-order valence-corrected chi connectivity index (χ0v) is 77.5. The Balaban J connectivity index is 0.000000106. The Hall–Kier alpha value is -20.0. The fourth-order valence-electron chi connectivity index (χ4n) is 21.0. The molecule has 0 saturated heterocycles. The maximum absolute atomic E-state index is 6.41. The summed E-state index contributed by atoms with van der Waals surface area (Å²) in [7, 11) is 0. The lowest BCUT2D eigenvalue weighted by atomic mass is 9.97. The molecule has 30 rings (SSSR count). The van der Waals surface area contributed by atoms with Gasteiger partial charge in [-0.15, -0.1) is 0 Å². The predicted molar refractivity (Wildman–Crippen MR) is 586 cm³/mol. The molecule has 0 saturated carbocycles. The molecular formula is C129H78N12O4. The van der Waals surface area contributed by atoms with E-state index >= 15 is 0 Å². The standard InChI is InChI=1S/C45H26N4O2.C45H28N4O.C39H24N4O/c1-5-19-37-31(13-1)32-14-2-6-20-38(32)49(37)45-47-43(46-44(48-45)29-23-24-35-33-15-3-7-21-39(33)50-41(35)26-29)28-12-9-11-27(25-28)30-17-10-18-36-34-16-4-8-22-40(34)51-42(30)36;1-3-13-29(14-4-1)43-46-44(48-45(47-43)32-25-26-36-35-19-8-10-24-40(35)50-41(36)28-32)31-16-11-15-30(27-31)34-21-12-23-39-42(34)37-20-7-9-22-38(37)49(39)33-17-5-2-6-18-33;1-2-12-25(13-3-1)37-40-38(42-39(41-37)31-19-11-23-35-36(31)30-18-6-9-22-34(30)44-35)26-14-10-15-27(24-26)43-32-20-7-4-16-28(32)29-17-5-8-21-33(29)43/h1-26H;1-28H;1-24H. The highest BCUT2D eigenvalue weighted by Crippen LogP contribution is 2.46. The third kappa shape index (κ3) is 14.5. The zero-order chi connectivity index (χ0) is 95.5. The lowest BCUT2D eigenvalue weighted by Crippen LogP contribution is -2.06. The van der Waals surface area contributed by atoms with Crippen molar-refractivity contribution in [3.05, 3.63) is 473 Å². The van der Waals surface area contributed by atoms with E-state index in [0.29, 0.717) is 52.5 Å². The first-order valence-electron chi connectivity index (χ1n) is 48.3. The van der Waals surface area contributed by atoms with Crippen molar-refractivity contribution in [1.82, 2.24) is 58.6 Å². The van der Waals surface area contributed by atoms with E-state index in [9.17, 15) is 0 Å². The molecule has 0 N–H and O–H groups in total. The summed E-state index contributed by atoms with van der Waals surface area (Å²) in [5.74, 6) is 5.33. The Morgan fingerprint density at radius 2 is 0.448 bits per heavy atom. The number of aromatic nitrogens is 12. The Kier molecular flexibility index (Phi) is 19.8. The molecule has 0 bridgehead atoms. The maximum Gasteiger partial charge on any atom is 0.238 e. The number of nitrogens with zero attached hydrogens (tertiary/aromatic N) is 12. The summed E-state index contributed by atoms with van der Waals surface area (Å²) in [6.45, 7) is 0. The number of hydrogen-bond acceptors (Lipinski definition) is 13. The van der Waals surface area contributed by atoms with Crippen LogP contribution < -0.4 is 0 Å². The van der Waals surface area contributed by atoms with Gasteiger partial charge < -0.3 is 26.8 Å². The van der Waals surface area contributed by atoms with Gasteiger partial charge in [0.2, 0.25) is 5.95 Å². The molecule has 10 aromatic heterocycles. The number of hydrogen-bond donors (Lipinski definition) is 0. The van der Waals surface area contributed by atoms with Crippen molar-refractivity contribution in [3.63, 3.8) is 0 Å². The molecule has 0 amide bonds. The molecule has 0 radical (unpaired) electrons. The van der Waals surface area contributed by atoms with Crippen LogP contribution in [0.3, 0.4) is 0 Å². The van der Waals surface area contributed by atoms with Gasteiger partial charge in [0.1, 0.15) is 44.7 Å². The molecule has 0 aliphatic heterocycles. The van der Waals surface area contributed by atoms with Crippen LogP contribution in [0, 0.1) is 0 Å². The monoisotopic (exact) mass is 1860 g/mol. The van der Waals surface area contributed by atoms with Crippen molar-refractivity contribution in [3.8, 4) is 131 Å². The van der Waals surface area contributed by atoms with Crippen LogP contribution in [0.25, 0.3) is 284 Å². The number of furan rings is 4. The van der Waals surface area contributed by atoms with E-state index in [-0.39, 0.29) is 0 Å². The molecule has 0 fully saturated rings. The normalized spacial score (nSPS) is 11.7. The van der Waals surface area contributed by atoms with Crippen LogP contribution in [-0.4, -0.2) is 58.6 Å². The summed E-state index contributed by atoms with van der Waals surface area (Å²) in [4.78, 5) is 45.7. The molecule has 0 aliphatic carbocycles. The highest BCUT2D eigenvalue weighted by atomic mass is 16.3. The number of para-hydroxylation sites is 11. The topological polar surface area (TPSA) is 183 Å². The number of benzene rings is 20. The van der Waals surface area contributed by atoms with Gasteiger partial charge >= 0.3 is 0 Å². The molecule has 16 heteroatoms. The van der Waals surface area contributed by atoms with Crippen molar-refractivity contribution in [1.29, 1.82) is 0 Å². The van der Waals surface area contributed by atoms with Crippen LogP contribution in [-0.2, 0) is 0 Å². The van der Waals surface area contributed by atoms with Gasteiger partial charge in [-0.05, 0) is 144 Å². The Morgan fingerprint density at radius 1 is 0.145 bits per heavy atom. The summed E-state index contributed by atoms with van der Waals surface area (Å²) in [6, 6.07) is 162. The molecule has 0 spiro atoms. The summed E-state index contributed by atoms with van der Waals surface area (Å²) < 4.78 is 31.9. The van der Waals surface area contributed by atoms with E-state index in [1.807, 2.05) is 158 Å². The van der Waals surface area contributed by atoms with Crippen molar-refractivity contribution >= 4 is 153 Å². The summed E-state index contributed by atoms with van der Waals surface area (Å²) in [5, 5.41) is 15.7. The van der Waals surface area contributed by atoms with Crippen LogP contribution in [0.5, 0.6) is 0 Å². The van der Waals surface area contributed by atoms with Gasteiger partial charge in [0, 0.05) is 137 Å². The zero-order valence-electron chi connectivity index (χ0n) is 77.5. The van der Waals surface area contributed by atoms with E-state index < -0.39 is 0 Å². The van der Waals surface area contributed by atoms with Crippen LogP contribution in [0.1, 0.15) is 0 Å². The third-order valence-corrected chi connectivity index (χ3v) is 27.6. The lowest BCUT2D eigenvalue weighted by molar-refractivity contribution is 0.668. The van der Waals surface area contributed by atoms with Crippen molar-refractivity contribution in [2.75, 3.05) is 0 Å². The largest absolute Gasteiger partial charge is 0.456 e. The second-order valence-electron chi connectivity index (χ2n) is 36.1. The molecule has 10 heterocycles.